The summed E-state index contributed by atoms with van der Waals surface area (Å²) in [4.78, 5) is 1.26. The second kappa shape index (κ2) is 4.49. The average molecular weight is 211 g/mol. The Balaban J connectivity index is 2.66. The van der Waals surface area contributed by atoms with E-state index in [0.717, 1.165) is 0 Å². The predicted octanol–water partition coefficient (Wildman–Crippen LogP) is 1.91. The lowest BCUT2D eigenvalue weighted by atomic mass is 9.90. The fourth-order valence-corrected chi connectivity index (χ4v) is 2.01. The Labute approximate surface area is 82.0 Å². The Morgan fingerprint density at radius 3 is 2.07 bits per heavy atom. The van der Waals surface area contributed by atoms with Crippen LogP contribution in [0, 0.1) is 5.92 Å². The van der Waals surface area contributed by atoms with Crippen LogP contribution in [0.3, 0.4) is 0 Å². The van der Waals surface area contributed by atoms with Crippen molar-refractivity contribution < 1.29 is 17.9 Å². The molecule has 1 unspecified atom stereocenters. The van der Waals surface area contributed by atoms with Gasteiger partial charge in [-0.1, -0.05) is 0 Å². The minimum atomic E-state index is -4.13. The Bertz CT molecular complexity index is 175. The van der Waals surface area contributed by atoms with Gasteiger partial charge in [0.05, 0.1) is 0 Å². The molecule has 0 aliphatic carbocycles. The normalized spacial score (nSPS) is 22.7. The average Bonchev–Trinajstić information content (AvgIpc) is 2.02. The van der Waals surface area contributed by atoms with Crippen LogP contribution >= 0.6 is 0 Å². The topological polar surface area (TPSA) is 12.5 Å². The monoisotopic (exact) mass is 211 g/mol. The number of ether oxygens (including phenoxy) is 1. The van der Waals surface area contributed by atoms with Crippen molar-refractivity contribution in [1.29, 1.82) is 0 Å². The molecular formula is C9H16F3NO. The first-order valence-corrected chi connectivity index (χ1v) is 4.74. The number of rotatable bonds is 2. The van der Waals surface area contributed by atoms with Gasteiger partial charge in [-0.05, 0) is 32.9 Å². The quantitative estimate of drug-likeness (QED) is 0.691. The Kier molecular flexibility index (Phi) is 3.78. The summed E-state index contributed by atoms with van der Waals surface area (Å²) >= 11 is 0. The van der Waals surface area contributed by atoms with Gasteiger partial charge in [0.2, 0.25) is 0 Å². The summed E-state index contributed by atoms with van der Waals surface area (Å²) in [6.07, 6.45) is -3.13. The fourth-order valence-electron chi connectivity index (χ4n) is 2.01. The Morgan fingerprint density at radius 1 is 1.21 bits per heavy atom. The maximum Gasteiger partial charge on any atom is 0.404 e. The van der Waals surface area contributed by atoms with Gasteiger partial charge in [0.25, 0.3) is 0 Å². The molecule has 1 saturated heterocycles. The molecule has 1 fully saturated rings. The predicted molar refractivity (Wildman–Crippen MR) is 47.1 cm³/mol. The molecule has 1 aliphatic heterocycles. The number of halogens is 3. The zero-order valence-corrected chi connectivity index (χ0v) is 8.47. The molecule has 84 valence electrons. The lowest BCUT2D eigenvalue weighted by Gasteiger charge is -2.35. The van der Waals surface area contributed by atoms with Crippen LogP contribution in [0.1, 0.15) is 12.8 Å². The maximum absolute atomic E-state index is 12.7. The molecule has 1 rings (SSSR count). The van der Waals surface area contributed by atoms with Crippen molar-refractivity contribution in [3.05, 3.63) is 0 Å². The molecular weight excluding hydrogens is 195 g/mol. The van der Waals surface area contributed by atoms with E-state index in [1.807, 2.05) is 0 Å². The first-order chi connectivity index (χ1) is 6.43. The van der Waals surface area contributed by atoms with E-state index in [1.54, 1.807) is 0 Å². The van der Waals surface area contributed by atoms with Crippen LogP contribution in [0.2, 0.25) is 0 Å². The molecule has 1 aliphatic rings. The molecule has 0 saturated carbocycles. The van der Waals surface area contributed by atoms with Crippen LogP contribution in [-0.4, -0.2) is 44.4 Å². The van der Waals surface area contributed by atoms with Crippen molar-refractivity contribution in [2.24, 2.45) is 5.92 Å². The Morgan fingerprint density at radius 2 is 1.71 bits per heavy atom. The largest absolute Gasteiger partial charge is 0.404 e. The van der Waals surface area contributed by atoms with Crippen LogP contribution in [0.15, 0.2) is 0 Å². The van der Waals surface area contributed by atoms with E-state index in [1.165, 1.54) is 19.0 Å². The zero-order chi connectivity index (χ0) is 10.8. The van der Waals surface area contributed by atoms with Gasteiger partial charge in [-0.3, -0.25) is 4.90 Å². The molecule has 0 aromatic heterocycles. The van der Waals surface area contributed by atoms with Crippen LogP contribution in [0.25, 0.3) is 0 Å². The number of alkyl halides is 3. The minimum absolute atomic E-state index is 0.321. The molecule has 0 N–H and O–H groups in total. The molecule has 0 aromatic rings. The molecule has 5 heteroatoms. The summed E-state index contributed by atoms with van der Waals surface area (Å²) in [6.45, 7) is 0.899. The summed E-state index contributed by atoms with van der Waals surface area (Å²) in [5, 5.41) is 0. The highest BCUT2D eigenvalue weighted by molar-refractivity contribution is 4.84. The van der Waals surface area contributed by atoms with Crippen molar-refractivity contribution in [2.45, 2.75) is 25.1 Å². The van der Waals surface area contributed by atoms with E-state index >= 15 is 0 Å². The minimum Gasteiger partial charge on any atom is -0.381 e. The van der Waals surface area contributed by atoms with Gasteiger partial charge >= 0.3 is 6.18 Å². The van der Waals surface area contributed by atoms with E-state index in [2.05, 4.69) is 0 Å². The Hall–Kier alpha value is -0.290. The van der Waals surface area contributed by atoms with E-state index in [0.29, 0.717) is 26.1 Å². The third kappa shape index (κ3) is 2.85. The SMILES string of the molecule is CN(C)C(C1CCOCC1)C(F)(F)F. The molecule has 0 spiro atoms. The van der Waals surface area contributed by atoms with Crippen LogP contribution in [0.5, 0.6) is 0 Å². The molecule has 1 atom stereocenters. The van der Waals surface area contributed by atoms with Gasteiger partial charge in [0.1, 0.15) is 6.04 Å². The molecule has 0 bridgehead atoms. The van der Waals surface area contributed by atoms with Crippen molar-refractivity contribution in [3.63, 3.8) is 0 Å². The smallest absolute Gasteiger partial charge is 0.381 e. The van der Waals surface area contributed by atoms with E-state index < -0.39 is 12.2 Å². The van der Waals surface area contributed by atoms with Gasteiger partial charge < -0.3 is 4.74 Å². The van der Waals surface area contributed by atoms with Gasteiger partial charge in [-0.2, -0.15) is 13.2 Å². The summed E-state index contributed by atoms with van der Waals surface area (Å²) < 4.78 is 43.1. The summed E-state index contributed by atoms with van der Waals surface area (Å²) in [7, 11) is 2.96. The molecule has 0 aromatic carbocycles. The van der Waals surface area contributed by atoms with Crippen molar-refractivity contribution >= 4 is 0 Å². The van der Waals surface area contributed by atoms with E-state index in [9.17, 15) is 13.2 Å². The fraction of sp³-hybridized carbons (Fsp3) is 1.00. The number of nitrogens with zero attached hydrogens (tertiary/aromatic N) is 1. The van der Waals surface area contributed by atoms with Crippen molar-refractivity contribution in [2.75, 3.05) is 27.3 Å². The van der Waals surface area contributed by atoms with Gasteiger partial charge in [-0.25, -0.2) is 0 Å². The standard InChI is InChI=1S/C9H16F3NO/c1-13(2)8(9(10,11)12)7-3-5-14-6-4-7/h7-8H,3-6H2,1-2H3. The van der Waals surface area contributed by atoms with Gasteiger partial charge in [0, 0.05) is 13.2 Å². The first kappa shape index (κ1) is 11.8. The third-order valence-electron chi connectivity index (χ3n) is 2.60. The number of hydrogen-bond acceptors (Lipinski definition) is 2. The summed E-state index contributed by atoms with van der Waals surface area (Å²) in [5.41, 5.74) is 0. The zero-order valence-electron chi connectivity index (χ0n) is 8.47. The first-order valence-electron chi connectivity index (χ1n) is 4.74. The van der Waals surface area contributed by atoms with E-state index in [4.69, 9.17) is 4.74 Å². The molecule has 2 nitrogen and oxygen atoms in total. The molecule has 1 heterocycles. The summed E-state index contributed by atoms with van der Waals surface area (Å²) in [6, 6.07) is -1.33. The highest BCUT2D eigenvalue weighted by Gasteiger charge is 2.46. The third-order valence-corrected chi connectivity index (χ3v) is 2.60. The van der Waals surface area contributed by atoms with Crippen LogP contribution in [0.4, 0.5) is 13.2 Å². The molecule has 14 heavy (non-hydrogen) atoms. The number of hydrogen-bond donors (Lipinski definition) is 0. The van der Waals surface area contributed by atoms with Crippen molar-refractivity contribution in [1.82, 2.24) is 4.90 Å². The molecule has 0 radical (unpaired) electrons. The van der Waals surface area contributed by atoms with Gasteiger partial charge in [-0.15, -0.1) is 0 Å². The highest BCUT2D eigenvalue weighted by Crippen LogP contribution is 2.33. The lowest BCUT2D eigenvalue weighted by molar-refractivity contribution is -0.197. The van der Waals surface area contributed by atoms with E-state index in [-0.39, 0.29) is 5.92 Å². The van der Waals surface area contributed by atoms with Crippen molar-refractivity contribution in [3.8, 4) is 0 Å². The van der Waals surface area contributed by atoms with Crippen LogP contribution < -0.4 is 0 Å². The summed E-state index contributed by atoms with van der Waals surface area (Å²) in [5.74, 6) is -0.321. The van der Waals surface area contributed by atoms with Crippen LogP contribution in [-0.2, 0) is 4.74 Å². The second-order valence-corrected chi connectivity index (χ2v) is 3.90. The molecule has 0 amide bonds. The highest BCUT2D eigenvalue weighted by atomic mass is 19.4. The lowest BCUT2D eigenvalue weighted by Crippen LogP contribution is -2.48. The maximum atomic E-state index is 12.7. The van der Waals surface area contributed by atoms with Gasteiger partial charge in [0.15, 0.2) is 0 Å². The second-order valence-electron chi connectivity index (χ2n) is 3.90.